The molecule has 0 radical (unpaired) electrons. The predicted molar refractivity (Wildman–Crippen MR) is 86.5 cm³/mol. The minimum atomic E-state index is -3.38. The second kappa shape index (κ2) is 5.94. The van der Waals surface area contributed by atoms with Gasteiger partial charge < -0.3 is 4.42 Å². The summed E-state index contributed by atoms with van der Waals surface area (Å²) < 4.78 is 32.5. The summed E-state index contributed by atoms with van der Waals surface area (Å²) in [6.45, 7) is 5.32. The van der Waals surface area contributed by atoms with Gasteiger partial charge in [0.05, 0.1) is 11.4 Å². The van der Waals surface area contributed by atoms with E-state index in [1.807, 2.05) is 6.07 Å². The van der Waals surface area contributed by atoms with Gasteiger partial charge >= 0.3 is 0 Å². The molecule has 2 aliphatic rings. The average Bonchev–Trinajstić information content (AvgIpc) is 3.23. The Kier molecular flexibility index (Phi) is 3.90. The molecule has 8 heteroatoms. The van der Waals surface area contributed by atoms with Crippen molar-refractivity contribution in [1.29, 1.82) is 0 Å². The number of hydrogen-bond donors (Lipinski definition) is 0. The van der Waals surface area contributed by atoms with Crippen molar-refractivity contribution in [2.75, 3.05) is 26.2 Å². The molecule has 24 heavy (non-hydrogen) atoms. The van der Waals surface area contributed by atoms with Gasteiger partial charge in [-0.25, -0.2) is 8.42 Å². The zero-order chi connectivity index (χ0) is 16.7. The second-order valence-electron chi connectivity index (χ2n) is 6.56. The SMILES string of the molecule is Cc1nnc(CN2CC3CN(S(=O)(=O)c4ccccc4)CC3C2)o1. The van der Waals surface area contributed by atoms with Crippen molar-refractivity contribution in [2.24, 2.45) is 11.8 Å². The van der Waals surface area contributed by atoms with Crippen LogP contribution in [0.1, 0.15) is 11.8 Å². The Hall–Kier alpha value is -1.77. The maximum absolute atomic E-state index is 12.7. The Labute approximate surface area is 141 Å². The summed E-state index contributed by atoms with van der Waals surface area (Å²) in [4.78, 5) is 2.65. The van der Waals surface area contributed by atoms with Gasteiger partial charge in [-0.3, -0.25) is 4.90 Å². The molecule has 7 nitrogen and oxygen atoms in total. The number of likely N-dealkylation sites (tertiary alicyclic amines) is 1. The largest absolute Gasteiger partial charge is 0.424 e. The standard InChI is InChI=1S/C16H20N4O3S/c1-12-17-18-16(23-12)11-19-7-13-9-20(10-14(13)8-19)24(21,22)15-5-3-2-4-6-15/h2-6,13-14H,7-11H2,1H3. The number of fused-ring (bicyclic) bond motifs is 1. The minimum Gasteiger partial charge on any atom is -0.424 e. The molecule has 2 fully saturated rings. The lowest BCUT2D eigenvalue weighted by molar-refractivity contribution is 0.259. The molecule has 2 unspecified atom stereocenters. The van der Waals surface area contributed by atoms with Gasteiger partial charge in [0.15, 0.2) is 0 Å². The van der Waals surface area contributed by atoms with Gasteiger partial charge in [0.1, 0.15) is 0 Å². The van der Waals surface area contributed by atoms with E-state index in [0.29, 0.717) is 48.1 Å². The lowest BCUT2D eigenvalue weighted by Crippen LogP contribution is -2.33. The van der Waals surface area contributed by atoms with E-state index in [1.165, 1.54) is 0 Å². The molecule has 0 N–H and O–H groups in total. The van der Waals surface area contributed by atoms with E-state index in [-0.39, 0.29) is 0 Å². The summed E-state index contributed by atoms with van der Waals surface area (Å²) >= 11 is 0. The molecule has 2 aliphatic heterocycles. The predicted octanol–water partition coefficient (Wildman–Crippen LogP) is 1.13. The first-order valence-electron chi connectivity index (χ1n) is 8.09. The van der Waals surface area contributed by atoms with Crippen LogP contribution in [-0.2, 0) is 16.6 Å². The van der Waals surface area contributed by atoms with E-state index < -0.39 is 10.0 Å². The van der Waals surface area contributed by atoms with Gasteiger partial charge in [-0.05, 0) is 24.0 Å². The molecule has 0 saturated carbocycles. The van der Waals surface area contributed by atoms with Gasteiger partial charge in [-0.1, -0.05) is 18.2 Å². The molecule has 0 aliphatic carbocycles. The van der Waals surface area contributed by atoms with Crippen LogP contribution in [0.4, 0.5) is 0 Å². The molecule has 2 atom stereocenters. The Balaban J connectivity index is 1.41. The molecule has 1 aromatic carbocycles. The van der Waals surface area contributed by atoms with Crippen LogP contribution in [0.3, 0.4) is 0 Å². The molecule has 4 rings (SSSR count). The smallest absolute Gasteiger partial charge is 0.243 e. The number of aromatic nitrogens is 2. The number of rotatable bonds is 4. The van der Waals surface area contributed by atoms with E-state index in [0.717, 1.165) is 13.1 Å². The molecular formula is C16H20N4O3S. The third kappa shape index (κ3) is 2.85. The van der Waals surface area contributed by atoms with Crippen LogP contribution in [0, 0.1) is 18.8 Å². The van der Waals surface area contributed by atoms with Crippen molar-refractivity contribution in [3.05, 3.63) is 42.1 Å². The van der Waals surface area contributed by atoms with Crippen LogP contribution in [0.15, 0.2) is 39.6 Å². The van der Waals surface area contributed by atoms with Crippen molar-refractivity contribution in [3.63, 3.8) is 0 Å². The van der Waals surface area contributed by atoms with Crippen LogP contribution in [0.5, 0.6) is 0 Å². The van der Waals surface area contributed by atoms with Gasteiger partial charge in [-0.15, -0.1) is 10.2 Å². The monoisotopic (exact) mass is 348 g/mol. The van der Waals surface area contributed by atoms with E-state index in [2.05, 4.69) is 15.1 Å². The van der Waals surface area contributed by atoms with E-state index in [9.17, 15) is 8.42 Å². The Morgan fingerprint density at radius 1 is 1.08 bits per heavy atom. The number of sulfonamides is 1. The first-order chi connectivity index (χ1) is 11.5. The number of aryl methyl sites for hydroxylation is 1. The number of nitrogens with zero attached hydrogens (tertiary/aromatic N) is 4. The molecule has 1 aromatic heterocycles. The fourth-order valence-corrected chi connectivity index (χ4v) is 5.28. The van der Waals surface area contributed by atoms with Crippen LogP contribution in [0.25, 0.3) is 0 Å². The molecule has 0 spiro atoms. The normalized spacial score (nSPS) is 25.2. The van der Waals surface area contributed by atoms with Crippen molar-refractivity contribution >= 4 is 10.0 Å². The Morgan fingerprint density at radius 2 is 1.75 bits per heavy atom. The molecule has 3 heterocycles. The highest BCUT2D eigenvalue weighted by atomic mass is 32.2. The summed E-state index contributed by atoms with van der Waals surface area (Å²) in [6, 6.07) is 8.67. The fraction of sp³-hybridized carbons (Fsp3) is 0.500. The summed E-state index contributed by atoms with van der Waals surface area (Å²) in [7, 11) is -3.38. The first kappa shape index (κ1) is 15.7. The summed E-state index contributed by atoms with van der Waals surface area (Å²) in [5, 5.41) is 7.88. The number of benzene rings is 1. The van der Waals surface area contributed by atoms with Gasteiger partial charge in [-0.2, -0.15) is 4.31 Å². The molecule has 0 bridgehead atoms. The van der Waals surface area contributed by atoms with Crippen molar-refractivity contribution in [2.45, 2.75) is 18.4 Å². The third-order valence-corrected chi connectivity index (χ3v) is 6.68. The Morgan fingerprint density at radius 3 is 2.33 bits per heavy atom. The molecule has 128 valence electrons. The third-order valence-electron chi connectivity index (χ3n) is 4.84. The topological polar surface area (TPSA) is 79.5 Å². The highest BCUT2D eigenvalue weighted by Gasteiger charge is 2.44. The average molecular weight is 348 g/mol. The maximum Gasteiger partial charge on any atom is 0.243 e. The van der Waals surface area contributed by atoms with Crippen LogP contribution in [0.2, 0.25) is 0 Å². The summed E-state index contributed by atoms with van der Waals surface area (Å²) in [5.74, 6) is 1.94. The van der Waals surface area contributed by atoms with Gasteiger partial charge in [0.2, 0.25) is 21.8 Å². The Bertz CT molecular complexity index is 807. The second-order valence-corrected chi connectivity index (χ2v) is 8.50. The van der Waals surface area contributed by atoms with Gasteiger partial charge in [0, 0.05) is 33.1 Å². The quantitative estimate of drug-likeness (QED) is 0.824. The molecule has 0 amide bonds. The highest BCUT2D eigenvalue weighted by Crippen LogP contribution is 2.34. The van der Waals surface area contributed by atoms with Crippen LogP contribution in [-0.4, -0.2) is 54.0 Å². The summed E-state index contributed by atoms with van der Waals surface area (Å²) in [5.41, 5.74) is 0. The summed E-state index contributed by atoms with van der Waals surface area (Å²) in [6.07, 6.45) is 0. The molecular weight excluding hydrogens is 328 g/mol. The molecule has 2 saturated heterocycles. The highest BCUT2D eigenvalue weighted by molar-refractivity contribution is 7.89. The maximum atomic E-state index is 12.7. The van der Waals surface area contributed by atoms with E-state index in [4.69, 9.17) is 4.42 Å². The van der Waals surface area contributed by atoms with Crippen molar-refractivity contribution in [3.8, 4) is 0 Å². The lowest BCUT2D eigenvalue weighted by atomic mass is 10.0. The van der Waals surface area contributed by atoms with E-state index in [1.54, 1.807) is 35.5 Å². The van der Waals surface area contributed by atoms with Crippen LogP contribution < -0.4 is 0 Å². The van der Waals surface area contributed by atoms with Crippen LogP contribution >= 0.6 is 0 Å². The molecule has 2 aromatic rings. The zero-order valence-electron chi connectivity index (χ0n) is 13.5. The number of hydrogen-bond acceptors (Lipinski definition) is 6. The fourth-order valence-electron chi connectivity index (χ4n) is 3.71. The van der Waals surface area contributed by atoms with Crippen molar-refractivity contribution < 1.29 is 12.8 Å². The van der Waals surface area contributed by atoms with E-state index >= 15 is 0 Å². The first-order valence-corrected chi connectivity index (χ1v) is 9.53. The minimum absolute atomic E-state index is 0.368. The van der Waals surface area contributed by atoms with Gasteiger partial charge in [0.25, 0.3) is 0 Å². The zero-order valence-corrected chi connectivity index (χ0v) is 14.3. The lowest BCUT2D eigenvalue weighted by Gasteiger charge is -2.20. The van der Waals surface area contributed by atoms with Crippen molar-refractivity contribution in [1.82, 2.24) is 19.4 Å².